The van der Waals surface area contributed by atoms with Gasteiger partial charge in [0.1, 0.15) is 12.3 Å². The largest absolute Gasteiger partial charge is 0.495 e. The SMILES string of the molecule is CCOC(=O)CN1C(=O)S/C(=C\c2cc(Br)cc(Br)c2OC)C1=O. The second-order valence-electron chi connectivity index (χ2n) is 4.58. The highest BCUT2D eigenvalue weighted by Gasteiger charge is 2.36. The predicted molar refractivity (Wildman–Crippen MR) is 97.7 cm³/mol. The van der Waals surface area contributed by atoms with E-state index in [2.05, 4.69) is 31.9 Å². The molecule has 2 rings (SSSR count). The van der Waals surface area contributed by atoms with Crippen LogP contribution in [0.15, 0.2) is 26.0 Å². The topological polar surface area (TPSA) is 72.9 Å². The molecule has 9 heteroatoms. The van der Waals surface area contributed by atoms with E-state index in [0.29, 0.717) is 15.8 Å². The van der Waals surface area contributed by atoms with Crippen LogP contribution in [0.3, 0.4) is 0 Å². The van der Waals surface area contributed by atoms with E-state index in [9.17, 15) is 14.4 Å². The lowest BCUT2D eigenvalue weighted by molar-refractivity contribution is -0.145. The van der Waals surface area contributed by atoms with E-state index in [1.165, 1.54) is 7.11 Å². The zero-order valence-corrected chi connectivity index (χ0v) is 16.8. The van der Waals surface area contributed by atoms with E-state index in [1.807, 2.05) is 6.07 Å². The summed E-state index contributed by atoms with van der Waals surface area (Å²) in [5.41, 5.74) is 0.625. The second-order valence-corrected chi connectivity index (χ2v) is 7.35. The molecule has 0 saturated carbocycles. The molecule has 6 nitrogen and oxygen atoms in total. The van der Waals surface area contributed by atoms with Crippen LogP contribution < -0.4 is 4.74 Å². The number of halogens is 2. The molecule has 2 amide bonds. The summed E-state index contributed by atoms with van der Waals surface area (Å²) in [4.78, 5) is 37.0. The summed E-state index contributed by atoms with van der Waals surface area (Å²) in [7, 11) is 1.51. The number of carbonyl (C=O) groups excluding carboxylic acids is 3. The van der Waals surface area contributed by atoms with Gasteiger partial charge in [0.05, 0.1) is 23.1 Å². The minimum atomic E-state index is -0.621. The quantitative estimate of drug-likeness (QED) is 0.473. The molecule has 1 heterocycles. The lowest BCUT2D eigenvalue weighted by Crippen LogP contribution is -2.34. The van der Waals surface area contributed by atoms with Crippen molar-refractivity contribution in [1.29, 1.82) is 0 Å². The molecule has 0 atom stereocenters. The first kappa shape index (κ1) is 19.0. The monoisotopic (exact) mass is 477 g/mol. The number of hydrogen-bond donors (Lipinski definition) is 0. The molecule has 0 radical (unpaired) electrons. The van der Waals surface area contributed by atoms with Crippen LogP contribution in [0.25, 0.3) is 6.08 Å². The maximum absolute atomic E-state index is 12.4. The first-order valence-corrected chi connectivity index (χ1v) is 9.21. The molecule has 24 heavy (non-hydrogen) atoms. The van der Waals surface area contributed by atoms with Crippen LogP contribution in [0.1, 0.15) is 12.5 Å². The van der Waals surface area contributed by atoms with Crippen LogP contribution in [0.4, 0.5) is 4.79 Å². The molecule has 0 bridgehead atoms. The van der Waals surface area contributed by atoms with Crippen molar-refractivity contribution in [3.8, 4) is 5.75 Å². The van der Waals surface area contributed by atoms with Gasteiger partial charge in [0.2, 0.25) is 0 Å². The van der Waals surface area contributed by atoms with Gasteiger partial charge >= 0.3 is 5.97 Å². The lowest BCUT2D eigenvalue weighted by atomic mass is 10.2. The highest BCUT2D eigenvalue weighted by atomic mass is 79.9. The maximum Gasteiger partial charge on any atom is 0.326 e. The molecule has 1 aromatic carbocycles. The average Bonchev–Trinajstić information content (AvgIpc) is 2.75. The zero-order chi connectivity index (χ0) is 17.9. The highest BCUT2D eigenvalue weighted by Crippen LogP contribution is 2.38. The number of thioether (sulfide) groups is 1. The Morgan fingerprint density at radius 1 is 1.33 bits per heavy atom. The van der Waals surface area contributed by atoms with Gasteiger partial charge < -0.3 is 9.47 Å². The van der Waals surface area contributed by atoms with Crippen LogP contribution in [0.2, 0.25) is 0 Å². The van der Waals surface area contributed by atoms with Crippen LogP contribution in [0.5, 0.6) is 5.75 Å². The number of benzene rings is 1. The van der Waals surface area contributed by atoms with Crippen molar-refractivity contribution < 1.29 is 23.9 Å². The molecule has 0 aliphatic carbocycles. The summed E-state index contributed by atoms with van der Waals surface area (Å²) in [5, 5.41) is -0.507. The van der Waals surface area contributed by atoms with Gasteiger partial charge in [-0.15, -0.1) is 0 Å². The van der Waals surface area contributed by atoms with Crippen molar-refractivity contribution in [1.82, 2.24) is 4.90 Å². The molecule has 0 aromatic heterocycles. The van der Waals surface area contributed by atoms with Gasteiger partial charge in [0.15, 0.2) is 0 Å². The van der Waals surface area contributed by atoms with Gasteiger partial charge in [0, 0.05) is 10.0 Å². The molecule has 1 fully saturated rings. The summed E-state index contributed by atoms with van der Waals surface area (Å²) in [5.74, 6) is -0.615. The van der Waals surface area contributed by atoms with Crippen LogP contribution in [-0.4, -0.2) is 42.3 Å². The van der Waals surface area contributed by atoms with Crippen LogP contribution >= 0.6 is 43.6 Å². The molecule has 0 spiro atoms. The molecular formula is C15H13Br2NO5S. The van der Waals surface area contributed by atoms with Gasteiger partial charge in [-0.1, -0.05) is 15.9 Å². The van der Waals surface area contributed by atoms with Crippen molar-refractivity contribution in [2.24, 2.45) is 0 Å². The third-order valence-corrected chi connectivity index (χ3v) is 4.95. The summed E-state index contributed by atoms with van der Waals surface area (Å²) in [6.07, 6.45) is 1.56. The lowest BCUT2D eigenvalue weighted by Gasteiger charge is -2.11. The fraction of sp³-hybridized carbons (Fsp3) is 0.267. The van der Waals surface area contributed by atoms with E-state index in [1.54, 1.807) is 19.1 Å². The molecule has 0 unspecified atom stereocenters. The van der Waals surface area contributed by atoms with E-state index in [0.717, 1.165) is 21.1 Å². The van der Waals surface area contributed by atoms with E-state index >= 15 is 0 Å². The summed E-state index contributed by atoms with van der Waals surface area (Å²) < 4.78 is 11.6. The Morgan fingerprint density at radius 3 is 2.67 bits per heavy atom. The van der Waals surface area contributed by atoms with Crippen LogP contribution in [-0.2, 0) is 14.3 Å². The summed E-state index contributed by atoms with van der Waals surface area (Å²) in [6, 6.07) is 3.57. The number of imide groups is 1. The van der Waals surface area contributed by atoms with E-state index in [-0.39, 0.29) is 11.5 Å². The Kier molecular flexibility index (Phi) is 6.47. The molecule has 1 aromatic rings. The first-order chi connectivity index (χ1) is 11.4. The number of rotatable bonds is 5. The van der Waals surface area contributed by atoms with E-state index in [4.69, 9.17) is 9.47 Å². The number of ether oxygens (including phenoxy) is 2. The van der Waals surface area contributed by atoms with Gasteiger partial charge in [0.25, 0.3) is 11.1 Å². The molecular weight excluding hydrogens is 466 g/mol. The van der Waals surface area contributed by atoms with Crippen molar-refractivity contribution in [3.05, 3.63) is 31.5 Å². The molecule has 1 aliphatic rings. The Hall–Kier alpha value is -1.32. The molecule has 0 N–H and O–H groups in total. The Labute approximate surface area is 159 Å². The van der Waals surface area contributed by atoms with Gasteiger partial charge in [-0.05, 0) is 52.8 Å². The van der Waals surface area contributed by atoms with Crippen molar-refractivity contribution in [2.75, 3.05) is 20.3 Å². The maximum atomic E-state index is 12.4. The summed E-state index contributed by atoms with van der Waals surface area (Å²) >= 11 is 7.52. The number of methoxy groups -OCH3 is 1. The Bertz CT molecular complexity index is 735. The first-order valence-electron chi connectivity index (χ1n) is 6.81. The van der Waals surface area contributed by atoms with Crippen LogP contribution in [0, 0.1) is 0 Å². The third-order valence-electron chi connectivity index (χ3n) is 2.99. The molecule has 1 saturated heterocycles. The summed E-state index contributed by atoms with van der Waals surface area (Å²) in [6.45, 7) is 1.45. The number of esters is 1. The van der Waals surface area contributed by atoms with E-state index < -0.39 is 23.7 Å². The average molecular weight is 479 g/mol. The molecule has 128 valence electrons. The second kappa shape index (κ2) is 8.17. The van der Waals surface area contributed by atoms with Crippen molar-refractivity contribution >= 4 is 66.8 Å². The number of carbonyl (C=O) groups is 3. The normalized spacial score (nSPS) is 16.0. The minimum Gasteiger partial charge on any atom is -0.495 e. The Morgan fingerprint density at radius 2 is 2.04 bits per heavy atom. The van der Waals surface area contributed by atoms with Crippen molar-refractivity contribution in [2.45, 2.75) is 6.92 Å². The smallest absolute Gasteiger partial charge is 0.326 e. The van der Waals surface area contributed by atoms with Gasteiger partial charge in [-0.3, -0.25) is 19.3 Å². The fourth-order valence-electron chi connectivity index (χ4n) is 2.02. The van der Waals surface area contributed by atoms with Gasteiger partial charge in [-0.25, -0.2) is 0 Å². The van der Waals surface area contributed by atoms with Gasteiger partial charge in [-0.2, -0.15) is 0 Å². The fourth-order valence-corrected chi connectivity index (χ4v) is 4.27. The van der Waals surface area contributed by atoms with Crippen molar-refractivity contribution in [3.63, 3.8) is 0 Å². The molecule has 1 aliphatic heterocycles. The number of nitrogens with zero attached hydrogens (tertiary/aromatic N) is 1. The Balaban J connectivity index is 2.31. The predicted octanol–water partition coefficient (Wildman–Crippen LogP) is 3.82. The highest BCUT2D eigenvalue weighted by molar-refractivity contribution is 9.11. The number of amides is 2. The zero-order valence-electron chi connectivity index (χ0n) is 12.8. The number of hydrogen-bond acceptors (Lipinski definition) is 6. The minimum absolute atomic E-state index is 0.189. The third kappa shape index (κ3) is 4.20. The standard InChI is InChI=1S/C15H13Br2NO5S/c1-3-23-12(19)7-18-14(20)11(24-15(18)21)5-8-4-9(16)6-10(17)13(8)22-2/h4-6H,3,7H2,1-2H3/b11-5-.